The van der Waals surface area contributed by atoms with Crippen molar-refractivity contribution in [2.75, 3.05) is 17.6 Å². The summed E-state index contributed by atoms with van der Waals surface area (Å²) in [5.41, 5.74) is 11.9. The lowest BCUT2D eigenvalue weighted by atomic mass is 9.77. The van der Waals surface area contributed by atoms with Crippen LogP contribution in [0.2, 0.25) is 0 Å². The molecule has 1 atom stereocenters. The number of nitrogens with zero attached hydrogens (tertiary/aromatic N) is 1. The molecule has 0 fully saturated rings. The lowest BCUT2D eigenvalue weighted by Crippen LogP contribution is -2.24. The molecular formula is C17H17N3S. The van der Waals surface area contributed by atoms with Crippen LogP contribution in [0.1, 0.15) is 22.1 Å². The quantitative estimate of drug-likeness (QED) is 0.720. The van der Waals surface area contributed by atoms with Crippen molar-refractivity contribution in [1.29, 1.82) is 0 Å². The van der Waals surface area contributed by atoms with Crippen LogP contribution in [0, 0.1) is 6.92 Å². The molecule has 1 aliphatic rings. The average molecular weight is 295 g/mol. The van der Waals surface area contributed by atoms with E-state index in [9.17, 15) is 0 Å². The molecule has 2 aromatic carbocycles. The normalized spacial score (nSPS) is 16.5. The van der Waals surface area contributed by atoms with Crippen LogP contribution in [-0.2, 0) is 6.42 Å². The molecule has 4 heteroatoms. The number of nitrogens with one attached hydrogen (secondary N) is 1. The van der Waals surface area contributed by atoms with Gasteiger partial charge in [0.15, 0.2) is 0 Å². The minimum absolute atomic E-state index is 0.591. The largest absolute Gasteiger partial charge is 0.397 e. The fourth-order valence-electron chi connectivity index (χ4n) is 3.04. The lowest BCUT2D eigenvalue weighted by molar-refractivity contribution is 0.636. The number of fused-ring (bicyclic) bond motifs is 2. The van der Waals surface area contributed by atoms with Gasteiger partial charge < -0.3 is 11.1 Å². The van der Waals surface area contributed by atoms with E-state index in [-0.39, 0.29) is 0 Å². The molecule has 3 aromatic rings. The molecule has 1 unspecified atom stereocenters. The standard InChI is InChI=1S/C17H17N3S/c1-10-20-16-8-15(14(18)7-17(16)21-10)19-9-12-6-11-4-2-3-5-13(11)12/h2-5,7-8,12,19H,6,9,18H2,1H3. The summed E-state index contributed by atoms with van der Waals surface area (Å²) in [5, 5.41) is 4.58. The maximum absolute atomic E-state index is 6.15. The highest BCUT2D eigenvalue weighted by Crippen LogP contribution is 2.36. The van der Waals surface area contributed by atoms with Crippen molar-refractivity contribution in [3.05, 3.63) is 52.5 Å². The molecule has 0 radical (unpaired) electrons. The maximum Gasteiger partial charge on any atom is 0.0907 e. The van der Waals surface area contributed by atoms with Gasteiger partial charge in [-0.2, -0.15) is 0 Å². The summed E-state index contributed by atoms with van der Waals surface area (Å²) < 4.78 is 1.16. The van der Waals surface area contributed by atoms with E-state index in [2.05, 4.69) is 40.6 Å². The third-order valence-corrected chi connectivity index (χ3v) is 5.10. The fourth-order valence-corrected chi connectivity index (χ4v) is 3.89. The highest BCUT2D eigenvalue weighted by Gasteiger charge is 2.25. The van der Waals surface area contributed by atoms with E-state index in [4.69, 9.17) is 5.73 Å². The van der Waals surface area contributed by atoms with Gasteiger partial charge in [-0.3, -0.25) is 0 Å². The monoisotopic (exact) mass is 295 g/mol. The van der Waals surface area contributed by atoms with E-state index in [0.717, 1.165) is 39.6 Å². The molecular weight excluding hydrogens is 278 g/mol. The third-order valence-electron chi connectivity index (χ3n) is 4.17. The zero-order valence-corrected chi connectivity index (χ0v) is 12.7. The number of aryl methyl sites for hydroxylation is 1. The first-order valence-corrected chi connectivity index (χ1v) is 8.00. The Kier molecular flexibility index (Phi) is 2.86. The molecule has 0 bridgehead atoms. The number of nitrogen functional groups attached to an aromatic ring is 1. The molecule has 106 valence electrons. The number of aromatic nitrogens is 1. The Labute approximate surface area is 127 Å². The minimum atomic E-state index is 0.591. The number of hydrogen-bond donors (Lipinski definition) is 2. The number of anilines is 2. The van der Waals surface area contributed by atoms with Gasteiger partial charge in [-0.25, -0.2) is 4.98 Å². The molecule has 3 N–H and O–H groups in total. The van der Waals surface area contributed by atoms with E-state index in [1.807, 2.05) is 13.0 Å². The van der Waals surface area contributed by atoms with Crippen LogP contribution in [0.5, 0.6) is 0 Å². The Morgan fingerprint density at radius 1 is 1.33 bits per heavy atom. The molecule has 1 aromatic heterocycles. The Balaban J connectivity index is 1.54. The first kappa shape index (κ1) is 12.7. The maximum atomic E-state index is 6.15. The summed E-state index contributed by atoms with van der Waals surface area (Å²) in [7, 11) is 0. The van der Waals surface area contributed by atoms with Gasteiger partial charge in [0, 0.05) is 12.5 Å². The predicted octanol–water partition coefficient (Wildman–Crippen LogP) is 3.94. The molecule has 4 rings (SSSR count). The summed E-state index contributed by atoms with van der Waals surface area (Å²) in [6.07, 6.45) is 1.15. The zero-order chi connectivity index (χ0) is 14.4. The molecule has 3 nitrogen and oxygen atoms in total. The molecule has 0 saturated heterocycles. The number of nitrogens with two attached hydrogens (primary N) is 1. The zero-order valence-electron chi connectivity index (χ0n) is 11.9. The van der Waals surface area contributed by atoms with E-state index in [0.29, 0.717) is 5.92 Å². The van der Waals surface area contributed by atoms with Crippen LogP contribution in [0.15, 0.2) is 36.4 Å². The second kappa shape index (κ2) is 4.74. The van der Waals surface area contributed by atoms with Gasteiger partial charge in [0.05, 0.1) is 26.6 Å². The number of benzene rings is 2. The van der Waals surface area contributed by atoms with Crippen LogP contribution in [0.3, 0.4) is 0 Å². The Hall–Kier alpha value is -2.07. The van der Waals surface area contributed by atoms with Crippen molar-refractivity contribution in [2.45, 2.75) is 19.3 Å². The molecule has 0 saturated carbocycles. The van der Waals surface area contributed by atoms with Crippen molar-refractivity contribution in [1.82, 2.24) is 4.98 Å². The van der Waals surface area contributed by atoms with Gasteiger partial charge in [0.1, 0.15) is 0 Å². The second-order valence-electron chi connectivity index (χ2n) is 5.62. The summed E-state index contributed by atoms with van der Waals surface area (Å²) in [6, 6.07) is 12.8. The summed E-state index contributed by atoms with van der Waals surface area (Å²) in [5.74, 6) is 0.591. The van der Waals surface area contributed by atoms with Crippen molar-refractivity contribution in [2.24, 2.45) is 0 Å². The average Bonchev–Trinajstić information content (AvgIpc) is 2.79. The van der Waals surface area contributed by atoms with Gasteiger partial charge in [-0.15, -0.1) is 11.3 Å². The van der Waals surface area contributed by atoms with Crippen LogP contribution < -0.4 is 11.1 Å². The summed E-state index contributed by atoms with van der Waals surface area (Å²) >= 11 is 1.69. The smallest absolute Gasteiger partial charge is 0.0907 e. The summed E-state index contributed by atoms with van der Waals surface area (Å²) in [6.45, 7) is 2.95. The van der Waals surface area contributed by atoms with E-state index in [1.165, 1.54) is 11.1 Å². The van der Waals surface area contributed by atoms with Gasteiger partial charge in [0.2, 0.25) is 0 Å². The van der Waals surface area contributed by atoms with E-state index < -0.39 is 0 Å². The topological polar surface area (TPSA) is 50.9 Å². The second-order valence-corrected chi connectivity index (χ2v) is 6.86. The molecule has 0 amide bonds. The first-order valence-electron chi connectivity index (χ1n) is 7.19. The van der Waals surface area contributed by atoms with Crippen molar-refractivity contribution in [3.63, 3.8) is 0 Å². The Morgan fingerprint density at radius 2 is 2.19 bits per heavy atom. The fraction of sp³-hybridized carbons (Fsp3) is 0.235. The van der Waals surface area contributed by atoms with Gasteiger partial charge in [-0.1, -0.05) is 24.3 Å². The molecule has 0 aliphatic heterocycles. The SMILES string of the molecule is Cc1nc2cc(NCC3Cc4ccccc43)c(N)cc2s1. The van der Waals surface area contributed by atoms with E-state index in [1.54, 1.807) is 11.3 Å². The highest BCUT2D eigenvalue weighted by molar-refractivity contribution is 7.18. The summed E-state index contributed by atoms with van der Waals surface area (Å²) in [4.78, 5) is 4.54. The predicted molar refractivity (Wildman–Crippen MR) is 90.1 cm³/mol. The Morgan fingerprint density at radius 3 is 3.05 bits per heavy atom. The third kappa shape index (κ3) is 2.16. The van der Waals surface area contributed by atoms with Gasteiger partial charge in [-0.05, 0) is 36.6 Å². The molecule has 21 heavy (non-hydrogen) atoms. The minimum Gasteiger partial charge on any atom is -0.397 e. The molecule has 1 aliphatic carbocycles. The van der Waals surface area contributed by atoms with Crippen LogP contribution in [0.4, 0.5) is 11.4 Å². The van der Waals surface area contributed by atoms with Crippen LogP contribution in [-0.4, -0.2) is 11.5 Å². The van der Waals surface area contributed by atoms with Crippen LogP contribution in [0.25, 0.3) is 10.2 Å². The lowest BCUT2D eigenvalue weighted by Gasteiger charge is -2.30. The highest BCUT2D eigenvalue weighted by atomic mass is 32.1. The van der Waals surface area contributed by atoms with Gasteiger partial charge in [0.25, 0.3) is 0 Å². The number of thiazole rings is 1. The first-order chi connectivity index (χ1) is 10.2. The van der Waals surface area contributed by atoms with Crippen molar-refractivity contribution < 1.29 is 0 Å². The molecule has 1 heterocycles. The van der Waals surface area contributed by atoms with Crippen molar-refractivity contribution >= 4 is 32.9 Å². The number of hydrogen-bond acceptors (Lipinski definition) is 4. The van der Waals surface area contributed by atoms with Crippen LogP contribution >= 0.6 is 11.3 Å². The van der Waals surface area contributed by atoms with E-state index >= 15 is 0 Å². The van der Waals surface area contributed by atoms with Gasteiger partial charge >= 0.3 is 0 Å². The van der Waals surface area contributed by atoms with Crippen molar-refractivity contribution in [3.8, 4) is 0 Å². The Bertz CT molecular complexity index is 822. The molecule has 0 spiro atoms. The number of rotatable bonds is 3.